The third kappa shape index (κ3) is 8.52. The van der Waals surface area contributed by atoms with E-state index >= 15 is 0 Å². The van der Waals surface area contributed by atoms with E-state index in [2.05, 4.69) is 38.9 Å². The average molecular weight is 470 g/mol. The van der Waals surface area contributed by atoms with Gasteiger partial charge in [-0.05, 0) is 25.5 Å². The molecule has 0 spiro atoms. The van der Waals surface area contributed by atoms with Crippen molar-refractivity contribution >= 4 is 41.7 Å². The molecule has 0 aliphatic rings. The summed E-state index contributed by atoms with van der Waals surface area (Å²) >= 11 is 1.63. The van der Waals surface area contributed by atoms with Crippen molar-refractivity contribution in [1.29, 1.82) is 0 Å². The third-order valence-corrected chi connectivity index (χ3v) is 3.84. The number of hydrogen-bond acceptors (Lipinski definition) is 5. The molecular weight excluding hydrogens is 439 g/mol. The lowest BCUT2D eigenvalue weighted by molar-refractivity contribution is 0.179. The van der Waals surface area contributed by atoms with Crippen molar-refractivity contribution in [3.05, 3.63) is 5.82 Å². The van der Waals surface area contributed by atoms with Gasteiger partial charge in [-0.15, -0.1) is 34.2 Å². The molecule has 0 aliphatic heterocycles. The minimum Gasteiger partial charge on any atom is -0.383 e. The van der Waals surface area contributed by atoms with Crippen LogP contribution in [-0.4, -0.2) is 53.3 Å². The van der Waals surface area contributed by atoms with Crippen molar-refractivity contribution in [2.45, 2.75) is 51.4 Å². The number of nitrogens with one attached hydrogen (secondary N) is 1. The number of guanidine groups is 1. The molecule has 1 aromatic rings. The molecule has 9 heteroatoms. The quantitative estimate of drug-likeness (QED) is 0.179. The first-order chi connectivity index (χ1) is 11.0. The summed E-state index contributed by atoms with van der Waals surface area (Å²) in [6.07, 6.45) is 3.78. The molecule has 7 nitrogen and oxygen atoms in total. The lowest BCUT2D eigenvalue weighted by Crippen LogP contribution is -2.40. The summed E-state index contributed by atoms with van der Waals surface area (Å²) in [5.74, 6) is 2.05. The van der Waals surface area contributed by atoms with Crippen molar-refractivity contribution in [3.63, 3.8) is 0 Å². The summed E-state index contributed by atoms with van der Waals surface area (Å²) in [6.45, 7) is 8.62. The summed E-state index contributed by atoms with van der Waals surface area (Å²) < 4.78 is 7.26. The van der Waals surface area contributed by atoms with Crippen LogP contribution < -0.4 is 11.1 Å². The summed E-state index contributed by atoms with van der Waals surface area (Å²) in [6, 6.07) is 0.155. The monoisotopic (exact) mass is 470 g/mol. The molecule has 1 aromatic heterocycles. The number of rotatable bonds is 10. The van der Waals surface area contributed by atoms with Gasteiger partial charge < -0.3 is 20.4 Å². The van der Waals surface area contributed by atoms with Crippen molar-refractivity contribution in [2.24, 2.45) is 16.6 Å². The SMILES string of the molecule is COCC(C)NC(N)=NCCCc1nnc(SC)n1CC(C)C.I. The Morgan fingerprint density at radius 3 is 2.67 bits per heavy atom. The molecular formula is C15H31IN6OS. The highest BCUT2D eigenvalue weighted by Crippen LogP contribution is 2.16. The van der Waals surface area contributed by atoms with E-state index in [9.17, 15) is 0 Å². The molecule has 3 N–H and O–H groups in total. The molecule has 1 atom stereocenters. The van der Waals surface area contributed by atoms with E-state index in [0.29, 0.717) is 25.0 Å². The van der Waals surface area contributed by atoms with Gasteiger partial charge in [0.05, 0.1) is 6.61 Å². The second-order valence-corrected chi connectivity index (χ2v) is 6.75. The third-order valence-electron chi connectivity index (χ3n) is 3.18. The maximum atomic E-state index is 5.85. The maximum absolute atomic E-state index is 5.85. The maximum Gasteiger partial charge on any atom is 0.190 e. The number of aliphatic imine (C=N–C) groups is 1. The zero-order chi connectivity index (χ0) is 17.2. The van der Waals surface area contributed by atoms with Crippen molar-refractivity contribution in [3.8, 4) is 0 Å². The number of aromatic nitrogens is 3. The number of aryl methyl sites for hydroxylation is 1. The van der Waals surface area contributed by atoms with Gasteiger partial charge >= 0.3 is 0 Å². The highest BCUT2D eigenvalue weighted by atomic mass is 127. The molecule has 0 radical (unpaired) electrons. The summed E-state index contributed by atoms with van der Waals surface area (Å²) in [4.78, 5) is 4.34. The topological polar surface area (TPSA) is 90.3 Å². The molecule has 1 unspecified atom stereocenters. The lowest BCUT2D eigenvalue weighted by atomic mass is 10.2. The van der Waals surface area contributed by atoms with E-state index in [1.807, 2.05) is 13.2 Å². The lowest BCUT2D eigenvalue weighted by Gasteiger charge is -2.13. The van der Waals surface area contributed by atoms with E-state index in [1.54, 1.807) is 18.9 Å². The van der Waals surface area contributed by atoms with E-state index in [1.165, 1.54) is 0 Å². The fourth-order valence-electron chi connectivity index (χ4n) is 2.23. The van der Waals surface area contributed by atoms with Crippen LogP contribution in [0, 0.1) is 5.92 Å². The number of ether oxygens (including phenoxy) is 1. The Morgan fingerprint density at radius 1 is 1.38 bits per heavy atom. The normalized spacial score (nSPS) is 13.0. The number of halogens is 1. The number of thioether (sulfide) groups is 1. The molecule has 0 saturated heterocycles. The smallest absolute Gasteiger partial charge is 0.190 e. The Morgan fingerprint density at radius 2 is 2.08 bits per heavy atom. The van der Waals surface area contributed by atoms with Crippen LogP contribution in [0.2, 0.25) is 0 Å². The van der Waals surface area contributed by atoms with Gasteiger partial charge in [0.2, 0.25) is 0 Å². The van der Waals surface area contributed by atoms with Crippen LogP contribution in [0.25, 0.3) is 0 Å². The molecule has 24 heavy (non-hydrogen) atoms. The van der Waals surface area contributed by atoms with Crippen molar-refractivity contribution < 1.29 is 4.74 Å². The van der Waals surface area contributed by atoms with Crippen LogP contribution in [0.5, 0.6) is 0 Å². The highest BCUT2D eigenvalue weighted by Gasteiger charge is 2.12. The summed E-state index contributed by atoms with van der Waals surface area (Å²) in [7, 11) is 1.67. The van der Waals surface area contributed by atoms with Gasteiger partial charge in [-0.25, -0.2) is 0 Å². The predicted octanol–water partition coefficient (Wildman–Crippen LogP) is 2.15. The van der Waals surface area contributed by atoms with Gasteiger partial charge in [0.1, 0.15) is 5.82 Å². The van der Waals surface area contributed by atoms with Crippen LogP contribution in [0.4, 0.5) is 0 Å². The van der Waals surface area contributed by atoms with Gasteiger partial charge in [-0.2, -0.15) is 0 Å². The molecule has 1 heterocycles. The van der Waals surface area contributed by atoms with Gasteiger partial charge in [0, 0.05) is 32.7 Å². The van der Waals surface area contributed by atoms with Crippen LogP contribution in [0.3, 0.4) is 0 Å². The predicted molar refractivity (Wildman–Crippen MR) is 111 cm³/mol. The minimum absolute atomic E-state index is 0. The van der Waals surface area contributed by atoms with Crippen molar-refractivity contribution in [1.82, 2.24) is 20.1 Å². The first kappa shape index (κ1) is 23.4. The fraction of sp³-hybridized carbons (Fsp3) is 0.800. The Hall–Kier alpha value is -0.550. The fourth-order valence-corrected chi connectivity index (χ4v) is 2.75. The molecule has 0 aromatic carbocycles. The summed E-state index contributed by atoms with van der Waals surface area (Å²) in [5.41, 5.74) is 5.85. The molecule has 0 saturated carbocycles. The van der Waals surface area contributed by atoms with Gasteiger partial charge in [-0.3, -0.25) is 4.99 Å². The van der Waals surface area contributed by atoms with Crippen LogP contribution in [-0.2, 0) is 17.7 Å². The number of nitrogens with two attached hydrogens (primary N) is 1. The Labute approximate surface area is 166 Å². The van der Waals surface area contributed by atoms with E-state index < -0.39 is 0 Å². The summed E-state index contributed by atoms with van der Waals surface area (Å²) in [5, 5.41) is 12.6. The Balaban J connectivity index is 0.00000529. The molecule has 0 amide bonds. The van der Waals surface area contributed by atoms with Crippen LogP contribution in [0.15, 0.2) is 10.1 Å². The molecule has 0 bridgehead atoms. The second-order valence-electron chi connectivity index (χ2n) is 5.98. The zero-order valence-corrected chi connectivity index (χ0v) is 18.4. The second kappa shape index (κ2) is 12.8. The molecule has 140 valence electrons. The Bertz CT molecular complexity index is 494. The minimum atomic E-state index is 0. The van der Waals surface area contributed by atoms with Gasteiger partial charge in [0.25, 0.3) is 0 Å². The zero-order valence-electron chi connectivity index (χ0n) is 15.3. The number of nitrogens with zero attached hydrogens (tertiary/aromatic N) is 4. The average Bonchev–Trinajstić information content (AvgIpc) is 2.85. The molecule has 0 fully saturated rings. The van der Waals surface area contributed by atoms with Gasteiger partial charge in [0.15, 0.2) is 11.1 Å². The molecule has 0 aliphatic carbocycles. The van der Waals surface area contributed by atoms with E-state index in [4.69, 9.17) is 10.5 Å². The van der Waals surface area contributed by atoms with E-state index in [0.717, 1.165) is 30.4 Å². The standard InChI is InChI=1S/C15H30N6OS.HI/c1-11(2)9-21-13(19-20-15(21)23-5)7-6-8-17-14(16)18-12(3)10-22-4;/h11-12H,6-10H2,1-5H3,(H3,16,17,18);1H. The Kier molecular flexibility index (Phi) is 12.5. The highest BCUT2D eigenvalue weighted by molar-refractivity contribution is 14.0. The first-order valence-corrected chi connectivity index (χ1v) is 9.21. The number of methoxy groups -OCH3 is 1. The molecule has 1 rings (SSSR count). The van der Waals surface area contributed by atoms with Gasteiger partial charge in [-0.1, -0.05) is 25.6 Å². The van der Waals surface area contributed by atoms with Crippen LogP contribution >= 0.6 is 35.7 Å². The van der Waals surface area contributed by atoms with Crippen LogP contribution in [0.1, 0.15) is 33.0 Å². The number of hydrogen-bond donors (Lipinski definition) is 2. The first-order valence-electron chi connectivity index (χ1n) is 7.99. The van der Waals surface area contributed by atoms with Crippen molar-refractivity contribution in [2.75, 3.05) is 26.5 Å². The largest absolute Gasteiger partial charge is 0.383 e. The van der Waals surface area contributed by atoms with E-state index in [-0.39, 0.29) is 30.0 Å².